The van der Waals surface area contributed by atoms with E-state index in [0.717, 1.165) is 6.42 Å². The molecule has 1 aromatic heterocycles. The molecule has 0 unspecified atom stereocenters. The number of hydrogen-bond donors (Lipinski definition) is 4. The standard InChI is InChI=1S/C11H22N6O2/c1-4-5-19-10-15-8(14-9(16-10)17-12)13-6-11(2,3)7-18/h18H,4-7,12H2,1-3H3,(H2,13,14,15,16,17). The van der Waals surface area contributed by atoms with Crippen molar-refractivity contribution in [3.8, 4) is 6.01 Å². The highest BCUT2D eigenvalue weighted by molar-refractivity contribution is 5.35. The largest absolute Gasteiger partial charge is 0.463 e. The summed E-state index contributed by atoms with van der Waals surface area (Å²) in [5.41, 5.74) is 2.09. The van der Waals surface area contributed by atoms with Crippen molar-refractivity contribution in [1.29, 1.82) is 0 Å². The summed E-state index contributed by atoms with van der Waals surface area (Å²) >= 11 is 0. The van der Waals surface area contributed by atoms with Crippen LogP contribution in [0.15, 0.2) is 0 Å². The summed E-state index contributed by atoms with van der Waals surface area (Å²) in [7, 11) is 0. The molecule has 0 aliphatic heterocycles. The lowest BCUT2D eigenvalue weighted by Crippen LogP contribution is -2.27. The summed E-state index contributed by atoms with van der Waals surface area (Å²) in [6.07, 6.45) is 0.859. The van der Waals surface area contributed by atoms with Gasteiger partial charge in [-0.05, 0) is 6.42 Å². The molecule has 0 fully saturated rings. The summed E-state index contributed by atoms with van der Waals surface area (Å²) in [5, 5.41) is 12.2. The first-order valence-corrected chi connectivity index (χ1v) is 6.21. The number of aliphatic hydroxyl groups excluding tert-OH is 1. The Kier molecular flexibility index (Phi) is 5.71. The van der Waals surface area contributed by atoms with E-state index < -0.39 is 0 Å². The predicted molar refractivity (Wildman–Crippen MR) is 72.8 cm³/mol. The summed E-state index contributed by atoms with van der Waals surface area (Å²) in [4.78, 5) is 12.2. The average molecular weight is 270 g/mol. The van der Waals surface area contributed by atoms with Crippen molar-refractivity contribution in [3.63, 3.8) is 0 Å². The van der Waals surface area contributed by atoms with Crippen LogP contribution in [0, 0.1) is 5.41 Å². The minimum atomic E-state index is -0.270. The molecule has 108 valence electrons. The molecule has 1 rings (SSSR count). The number of hydrazine groups is 1. The number of anilines is 2. The highest BCUT2D eigenvalue weighted by atomic mass is 16.5. The van der Waals surface area contributed by atoms with E-state index in [1.165, 1.54) is 0 Å². The summed E-state index contributed by atoms with van der Waals surface area (Å²) in [6, 6.07) is 0.217. The molecule has 0 saturated carbocycles. The van der Waals surface area contributed by atoms with E-state index in [-0.39, 0.29) is 24.0 Å². The van der Waals surface area contributed by atoms with E-state index in [4.69, 9.17) is 10.6 Å². The van der Waals surface area contributed by atoms with Gasteiger partial charge in [0.25, 0.3) is 0 Å². The van der Waals surface area contributed by atoms with Gasteiger partial charge in [0, 0.05) is 18.6 Å². The first-order chi connectivity index (χ1) is 9.00. The molecule has 0 aromatic carbocycles. The van der Waals surface area contributed by atoms with Crippen molar-refractivity contribution in [2.75, 3.05) is 30.5 Å². The Morgan fingerprint density at radius 2 is 1.95 bits per heavy atom. The van der Waals surface area contributed by atoms with Gasteiger partial charge in [0.2, 0.25) is 11.9 Å². The van der Waals surface area contributed by atoms with Crippen LogP contribution in [0.1, 0.15) is 27.2 Å². The number of nitrogens with zero attached hydrogens (tertiary/aromatic N) is 3. The highest BCUT2D eigenvalue weighted by Gasteiger charge is 2.17. The maximum absolute atomic E-state index is 9.19. The van der Waals surface area contributed by atoms with Crippen molar-refractivity contribution < 1.29 is 9.84 Å². The molecule has 1 aromatic rings. The third-order valence-electron chi connectivity index (χ3n) is 2.33. The van der Waals surface area contributed by atoms with Gasteiger partial charge in [-0.15, -0.1) is 0 Å². The maximum atomic E-state index is 9.19. The van der Waals surface area contributed by atoms with E-state index in [1.807, 2.05) is 20.8 Å². The predicted octanol–water partition coefficient (Wildman–Crippen LogP) is 0.376. The normalized spacial score (nSPS) is 11.2. The van der Waals surface area contributed by atoms with Crippen LogP contribution in [0.25, 0.3) is 0 Å². The molecular weight excluding hydrogens is 248 g/mol. The zero-order valence-electron chi connectivity index (χ0n) is 11.6. The lowest BCUT2D eigenvalue weighted by atomic mass is 9.95. The van der Waals surface area contributed by atoms with E-state index in [0.29, 0.717) is 19.1 Å². The molecule has 1 heterocycles. The molecule has 0 bridgehead atoms. The van der Waals surface area contributed by atoms with Gasteiger partial charge in [-0.25, -0.2) is 5.84 Å². The topological polar surface area (TPSA) is 118 Å². The van der Waals surface area contributed by atoms with Crippen LogP contribution in [-0.4, -0.2) is 39.8 Å². The van der Waals surface area contributed by atoms with Crippen LogP contribution in [0.5, 0.6) is 6.01 Å². The van der Waals surface area contributed by atoms with Crippen molar-refractivity contribution in [1.82, 2.24) is 15.0 Å². The van der Waals surface area contributed by atoms with E-state index in [1.54, 1.807) is 0 Å². The van der Waals surface area contributed by atoms with Gasteiger partial charge in [-0.3, -0.25) is 5.43 Å². The van der Waals surface area contributed by atoms with Gasteiger partial charge < -0.3 is 15.2 Å². The van der Waals surface area contributed by atoms with E-state index >= 15 is 0 Å². The van der Waals surface area contributed by atoms with Crippen molar-refractivity contribution in [3.05, 3.63) is 0 Å². The summed E-state index contributed by atoms with van der Waals surface area (Å²) in [5.74, 6) is 5.88. The van der Waals surface area contributed by atoms with Gasteiger partial charge in [0.15, 0.2) is 0 Å². The Labute approximate surface area is 112 Å². The van der Waals surface area contributed by atoms with Crippen molar-refractivity contribution >= 4 is 11.9 Å². The minimum Gasteiger partial charge on any atom is -0.463 e. The Morgan fingerprint density at radius 3 is 2.53 bits per heavy atom. The second-order valence-electron chi connectivity index (χ2n) is 4.93. The number of aliphatic hydroxyl groups is 1. The first-order valence-electron chi connectivity index (χ1n) is 6.21. The third kappa shape index (κ3) is 5.23. The fourth-order valence-electron chi connectivity index (χ4n) is 1.13. The molecule has 0 atom stereocenters. The van der Waals surface area contributed by atoms with Crippen LogP contribution in [-0.2, 0) is 0 Å². The SMILES string of the molecule is CCCOc1nc(NN)nc(NCC(C)(C)CO)n1. The smallest absolute Gasteiger partial charge is 0.323 e. The molecular formula is C11H22N6O2. The number of ether oxygens (including phenoxy) is 1. The fourth-order valence-corrected chi connectivity index (χ4v) is 1.13. The molecule has 0 aliphatic rings. The number of nitrogens with one attached hydrogen (secondary N) is 2. The van der Waals surface area contributed by atoms with Crippen LogP contribution < -0.4 is 21.3 Å². The molecule has 0 amide bonds. The lowest BCUT2D eigenvalue weighted by Gasteiger charge is -2.21. The summed E-state index contributed by atoms with van der Waals surface area (Å²) in [6.45, 7) is 6.95. The van der Waals surface area contributed by atoms with Gasteiger partial charge in [0.1, 0.15) is 0 Å². The number of nitrogens with two attached hydrogens (primary N) is 1. The first kappa shape index (κ1) is 15.4. The average Bonchev–Trinajstić information content (AvgIpc) is 2.42. The van der Waals surface area contributed by atoms with Crippen LogP contribution in [0.3, 0.4) is 0 Å². The zero-order valence-corrected chi connectivity index (χ0v) is 11.6. The summed E-state index contributed by atoms with van der Waals surface area (Å²) < 4.78 is 5.35. The highest BCUT2D eigenvalue weighted by Crippen LogP contribution is 2.16. The third-order valence-corrected chi connectivity index (χ3v) is 2.33. The number of aromatic nitrogens is 3. The maximum Gasteiger partial charge on any atom is 0.323 e. The monoisotopic (exact) mass is 270 g/mol. The Hall–Kier alpha value is -1.67. The minimum absolute atomic E-state index is 0.0618. The molecule has 0 aliphatic carbocycles. The van der Waals surface area contributed by atoms with E-state index in [2.05, 4.69) is 25.7 Å². The quantitative estimate of drug-likeness (QED) is 0.395. The lowest BCUT2D eigenvalue weighted by molar-refractivity contribution is 0.170. The van der Waals surface area contributed by atoms with Crippen molar-refractivity contribution in [2.24, 2.45) is 11.3 Å². The van der Waals surface area contributed by atoms with E-state index in [9.17, 15) is 5.11 Å². The van der Waals surface area contributed by atoms with Crippen LogP contribution >= 0.6 is 0 Å². The molecule has 19 heavy (non-hydrogen) atoms. The van der Waals surface area contributed by atoms with Gasteiger partial charge in [-0.1, -0.05) is 20.8 Å². The molecule has 8 nitrogen and oxygen atoms in total. The van der Waals surface area contributed by atoms with Gasteiger partial charge in [0.05, 0.1) is 6.61 Å². The fraction of sp³-hybridized carbons (Fsp3) is 0.727. The Balaban J connectivity index is 2.76. The Morgan fingerprint density at radius 1 is 1.26 bits per heavy atom. The zero-order chi connectivity index (χ0) is 14.3. The second-order valence-corrected chi connectivity index (χ2v) is 4.93. The molecule has 5 N–H and O–H groups in total. The number of hydrogen-bond acceptors (Lipinski definition) is 8. The molecule has 0 saturated heterocycles. The van der Waals surface area contributed by atoms with Crippen LogP contribution in [0.4, 0.5) is 11.9 Å². The van der Waals surface area contributed by atoms with Crippen LogP contribution in [0.2, 0.25) is 0 Å². The number of nitrogen functional groups attached to an aromatic ring is 1. The number of rotatable bonds is 8. The molecule has 0 radical (unpaired) electrons. The van der Waals surface area contributed by atoms with Crippen molar-refractivity contribution in [2.45, 2.75) is 27.2 Å². The van der Waals surface area contributed by atoms with Gasteiger partial charge >= 0.3 is 6.01 Å². The Bertz CT molecular complexity index is 399. The van der Waals surface area contributed by atoms with Gasteiger partial charge in [-0.2, -0.15) is 15.0 Å². The molecule has 0 spiro atoms. The molecule has 8 heteroatoms. The second kappa shape index (κ2) is 7.05.